The zero-order valence-electron chi connectivity index (χ0n) is 15.5. The van der Waals surface area contributed by atoms with Crippen molar-refractivity contribution in [2.75, 3.05) is 26.7 Å². The molecule has 1 saturated heterocycles. The topological polar surface area (TPSA) is 90.1 Å². The minimum absolute atomic E-state index is 0.441. The van der Waals surface area contributed by atoms with Crippen LogP contribution in [0.25, 0.3) is 11.5 Å². The fourth-order valence-corrected chi connectivity index (χ4v) is 4.01. The monoisotopic (exact) mass is 386 g/mol. The van der Waals surface area contributed by atoms with Crippen LogP contribution >= 0.6 is 11.3 Å². The van der Waals surface area contributed by atoms with E-state index < -0.39 is 5.60 Å². The van der Waals surface area contributed by atoms with Gasteiger partial charge in [-0.15, -0.1) is 11.3 Å². The van der Waals surface area contributed by atoms with E-state index in [-0.39, 0.29) is 0 Å². The van der Waals surface area contributed by atoms with Gasteiger partial charge < -0.3 is 14.2 Å². The van der Waals surface area contributed by atoms with Crippen molar-refractivity contribution < 1.29 is 9.26 Å². The molecule has 0 unspecified atom stereocenters. The third-order valence-electron chi connectivity index (χ3n) is 5.01. The number of nitrogens with zero attached hydrogens (tertiary/aromatic N) is 6. The van der Waals surface area contributed by atoms with Gasteiger partial charge in [-0.2, -0.15) is 4.98 Å². The van der Waals surface area contributed by atoms with E-state index in [0.717, 1.165) is 43.9 Å². The maximum atomic E-state index is 5.86. The van der Waals surface area contributed by atoms with Crippen LogP contribution in [0.1, 0.15) is 29.4 Å². The summed E-state index contributed by atoms with van der Waals surface area (Å²) in [6.07, 6.45) is 7.44. The molecule has 0 aromatic carbocycles. The lowest BCUT2D eigenvalue weighted by Crippen LogP contribution is -2.44. The summed E-state index contributed by atoms with van der Waals surface area (Å²) in [6.45, 7) is 4.87. The maximum absolute atomic E-state index is 5.86. The first-order chi connectivity index (χ1) is 13.2. The number of thiazole rings is 1. The van der Waals surface area contributed by atoms with E-state index in [1.54, 1.807) is 37.0 Å². The number of aromatic nitrogens is 5. The Morgan fingerprint density at radius 1 is 1.26 bits per heavy atom. The number of ether oxygens (including phenoxy) is 1. The van der Waals surface area contributed by atoms with Crippen LogP contribution < -0.4 is 0 Å². The standard InChI is InChI=1S/C18H22N6O2S/c1-13-21-14(12-27-13)3-8-24-9-4-18(25-2,5-10-24)17-22-16(23-26-17)15-11-19-6-7-20-15/h6-7,11-12H,3-5,8-10H2,1-2H3. The smallest absolute Gasteiger partial charge is 0.259 e. The SMILES string of the molecule is COC1(c2nc(-c3cnccn3)no2)CCN(CCc2csc(C)n2)CC1. The van der Waals surface area contributed by atoms with Crippen LogP contribution in [0.2, 0.25) is 0 Å². The zero-order valence-corrected chi connectivity index (χ0v) is 16.3. The molecule has 1 aliphatic heterocycles. The number of methoxy groups -OCH3 is 1. The highest BCUT2D eigenvalue weighted by Crippen LogP contribution is 2.36. The highest BCUT2D eigenvalue weighted by Gasteiger charge is 2.41. The van der Waals surface area contributed by atoms with E-state index in [1.807, 2.05) is 6.92 Å². The zero-order chi connectivity index (χ0) is 18.7. The molecule has 27 heavy (non-hydrogen) atoms. The summed E-state index contributed by atoms with van der Waals surface area (Å²) < 4.78 is 11.4. The minimum atomic E-state index is -0.540. The number of piperidine rings is 1. The predicted octanol–water partition coefficient (Wildman–Crippen LogP) is 2.47. The fourth-order valence-electron chi connectivity index (χ4n) is 3.37. The lowest BCUT2D eigenvalue weighted by molar-refractivity contribution is -0.0825. The molecule has 0 amide bonds. The molecular formula is C18H22N6O2S. The van der Waals surface area contributed by atoms with Crippen molar-refractivity contribution in [1.29, 1.82) is 0 Å². The average Bonchev–Trinajstić information content (AvgIpc) is 3.37. The molecule has 0 bridgehead atoms. The van der Waals surface area contributed by atoms with E-state index >= 15 is 0 Å². The van der Waals surface area contributed by atoms with E-state index in [2.05, 4.69) is 35.4 Å². The van der Waals surface area contributed by atoms with E-state index in [9.17, 15) is 0 Å². The molecule has 9 heteroatoms. The highest BCUT2D eigenvalue weighted by atomic mass is 32.1. The number of hydrogen-bond donors (Lipinski definition) is 0. The molecule has 3 aromatic heterocycles. The first-order valence-electron chi connectivity index (χ1n) is 8.98. The minimum Gasteiger partial charge on any atom is -0.368 e. The molecule has 0 N–H and O–H groups in total. The Morgan fingerprint density at radius 2 is 2.11 bits per heavy atom. The van der Waals surface area contributed by atoms with E-state index in [4.69, 9.17) is 9.26 Å². The van der Waals surface area contributed by atoms with Gasteiger partial charge in [-0.25, -0.2) is 9.97 Å². The van der Waals surface area contributed by atoms with Crippen LogP contribution in [-0.4, -0.2) is 56.7 Å². The Morgan fingerprint density at radius 3 is 2.78 bits per heavy atom. The van der Waals surface area contributed by atoms with E-state index in [0.29, 0.717) is 17.4 Å². The van der Waals surface area contributed by atoms with Crippen molar-refractivity contribution in [2.45, 2.75) is 31.8 Å². The molecule has 8 nitrogen and oxygen atoms in total. The number of hydrogen-bond acceptors (Lipinski definition) is 9. The molecular weight excluding hydrogens is 364 g/mol. The van der Waals surface area contributed by atoms with Gasteiger partial charge in [-0.3, -0.25) is 4.98 Å². The Hall–Kier alpha value is -2.23. The molecule has 4 heterocycles. The molecule has 0 aliphatic carbocycles. The van der Waals surface area contributed by atoms with Crippen molar-refractivity contribution in [2.24, 2.45) is 0 Å². The van der Waals surface area contributed by atoms with Gasteiger partial charge in [0.25, 0.3) is 5.89 Å². The summed E-state index contributed by atoms with van der Waals surface area (Å²) in [6, 6.07) is 0. The lowest BCUT2D eigenvalue weighted by Gasteiger charge is -2.38. The van der Waals surface area contributed by atoms with Crippen LogP contribution in [0, 0.1) is 6.92 Å². The molecule has 1 fully saturated rings. The van der Waals surface area contributed by atoms with Crippen LogP contribution in [0.3, 0.4) is 0 Å². The summed E-state index contributed by atoms with van der Waals surface area (Å²) in [5.41, 5.74) is 1.22. The number of likely N-dealkylation sites (tertiary alicyclic amines) is 1. The molecule has 0 saturated carbocycles. The fraction of sp³-hybridized carbons (Fsp3) is 0.500. The van der Waals surface area contributed by atoms with Gasteiger partial charge in [0, 0.05) is 50.9 Å². The van der Waals surface area contributed by atoms with Crippen molar-refractivity contribution in [3.8, 4) is 11.5 Å². The molecule has 0 atom stereocenters. The number of rotatable bonds is 6. The largest absolute Gasteiger partial charge is 0.368 e. The molecule has 0 spiro atoms. The molecule has 3 aromatic rings. The van der Waals surface area contributed by atoms with Gasteiger partial charge in [-0.05, 0) is 19.8 Å². The van der Waals surface area contributed by atoms with Crippen LogP contribution in [-0.2, 0) is 16.8 Å². The maximum Gasteiger partial charge on any atom is 0.259 e. The first kappa shape index (κ1) is 18.1. The second-order valence-corrected chi connectivity index (χ2v) is 7.72. The molecule has 0 radical (unpaired) electrons. The second kappa shape index (κ2) is 7.79. The molecule has 1 aliphatic rings. The Bertz CT molecular complexity index is 873. The molecule has 4 rings (SSSR count). The Kier molecular flexibility index (Phi) is 5.24. The summed E-state index contributed by atoms with van der Waals surface area (Å²) >= 11 is 1.71. The van der Waals surface area contributed by atoms with Gasteiger partial charge in [0.1, 0.15) is 11.3 Å². The van der Waals surface area contributed by atoms with Gasteiger partial charge in [0.05, 0.1) is 16.9 Å². The summed E-state index contributed by atoms with van der Waals surface area (Å²) in [5.74, 6) is 0.955. The number of aryl methyl sites for hydroxylation is 1. The summed E-state index contributed by atoms with van der Waals surface area (Å²) in [5, 5.41) is 7.33. The average molecular weight is 386 g/mol. The van der Waals surface area contributed by atoms with Crippen molar-refractivity contribution in [3.05, 3.63) is 40.6 Å². The third-order valence-corrected chi connectivity index (χ3v) is 5.84. The van der Waals surface area contributed by atoms with Gasteiger partial charge in [-0.1, -0.05) is 5.16 Å². The third kappa shape index (κ3) is 3.90. The van der Waals surface area contributed by atoms with Gasteiger partial charge in [0.2, 0.25) is 5.82 Å². The van der Waals surface area contributed by atoms with Gasteiger partial charge >= 0.3 is 0 Å². The van der Waals surface area contributed by atoms with E-state index in [1.165, 1.54) is 5.69 Å². The van der Waals surface area contributed by atoms with Gasteiger partial charge in [0.15, 0.2) is 0 Å². The van der Waals surface area contributed by atoms with Crippen molar-refractivity contribution in [1.82, 2.24) is 30.0 Å². The Labute approximate surface area is 161 Å². The Balaban J connectivity index is 1.40. The van der Waals surface area contributed by atoms with Crippen LogP contribution in [0.5, 0.6) is 0 Å². The normalized spacial score (nSPS) is 17.3. The first-order valence-corrected chi connectivity index (χ1v) is 9.85. The second-order valence-electron chi connectivity index (χ2n) is 6.66. The summed E-state index contributed by atoms with van der Waals surface area (Å²) in [7, 11) is 1.71. The van der Waals surface area contributed by atoms with Crippen LogP contribution in [0.4, 0.5) is 0 Å². The highest BCUT2D eigenvalue weighted by molar-refractivity contribution is 7.09. The van der Waals surface area contributed by atoms with Crippen molar-refractivity contribution >= 4 is 11.3 Å². The van der Waals surface area contributed by atoms with Crippen LogP contribution in [0.15, 0.2) is 28.5 Å². The molecule has 142 valence electrons. The summed E-state index contributed by atoms with van der Waals surface area (Å²) in [4.78, 5) is 19.8. The quantitative estimate of drug-likeness (QED) is 0.638. The van der Waals surface area contributed by atoms with Crippen molar-refractivity contribution in [3.63, 3.8) is 0 Å². The lowest BCUT2D eigenvalue weighted by atomic mass is 9.90. The predicted molar refractivity (Wildman–Crippen MR) is 100 cm³/mol.